The number of carbonyl (C=O) groups is 2. The van der Waals surface area contributed by atoms with Gasteiger partial charge in [0.2, 0.25) is 21.8 Å². The van der Waals surface area contributed by atoms with Crippen molar-refractivity contribution in [2.45, 2.75) is 49.1 Å². The number of carbonyl (C=O) groups excluding carboxylic acids is 2. The fourth-order valence-electron chi connectivity index (χ4n) is 3.44. The number of aromatic nitrogens is 1. The third-order valence-corrected chi connectivity index (χ3v) is 6.78. The van der Waals surface area contributed by atoms with Gasteiger partial charge in [0, 0.05) is 38.1 Å². The molecule has 2 fully saturated rings. The molecule has 0 aromatic carbocycles. The van der Waals surface area contributed by atoms with Gasteiger partial charge in [-0.25, -0.2) is 8.42 Å². The van der Waals surface area contributed by atoms with Crippen molar-refractivity contribution < 1.29 is 18.0 Å². The number of piperidine rings is 1. The van der Waals surface area contributed by atoms with E-state index in [0.29, 0.717) is 13.1 Å². The Labute approximate surface area is 181 Å². The molecule has 11 nitrogen and oxygen atoms in total. The summed E-state index contributed by atoms with van der Waals surface area (Å²) in [5.74, 6) is -0.805. The Kier molecular flexibility index (Phi) is 7.44. The van der Waals surface area contributed by atoms with Crippen LogP contribution < -0.4 is 21.1 Å². The third-order valence-electron chi connectivity index (χ3n) is 5.32. The molecule has 1 aliphatic heterocycles. The van der Waals surface area contributed by atoms with E-state index in [1.54, 1.807) is 4.90 Å². The van der Waals surface area contributed by atoms with Gasteiger partial charge in [-0.3, -0.25) is 20.0 Å². The SMILES string of the molecule is N=C(N)N1CCCC(CNC(=O)C[C@H](NS(=O)(=O)c2cccnc2)C(=O)NC2CC2)C1. The highest BCUT2D eigenvalue weighted by Gasteiger charge is 2.32. The van der Waals surface area contributed by atoms with Crippen molar-refractivity contribution in [2.24, 2.45) is 11.7 Å². The summed E-state index contributed by atoms with van der Waals surface area (Å²) in [5, 5.41) is 13.1. The Balaban J connectivity index is 1.59. The molecular formula is C19H29N7O4S. The minimum atomic E-state index is -4.02. The molecule has 1 aromatic rings. The summed E-state index contributed by atoms with van der Waals surface area (Å²) in [6.07, 6.45) is 5.76. The Morgan fingerprint density at radius 2 is 2.10 bits per heavy atom. The molecule has 0 radical (unpaired) electrons. The summed E-state index contributed by atoms with van der Waals surface area (Å²) < 4.78 is 27.6. The van der Waals surface area contributed by atoms with Crippen LogP contribution in [-0.2, 0) is 19.6 Å². The Morgan fingerprint density at radius 1 is 1.32 bits per heavy atom. The van der Waals surface area contributed by atoms with E-state index < -0.39 is 27.9 Å². The molecule has 1 saturated carbocycles. The largest absolute Gasteiger partial charge is 0.370 e. The van der Waals surface area contributed by atoms with Crippen LogP contribution in [0.4, 0.5) is 0 Å². The number of guanidine groups is 1. The van der Waals surface area contributed by atoms with Crippen molar-refractivity contribution in [3.63, 3.8) is 0 Å². The summed E-state index contributed by atoms with van der Waals surface area (Å²) in [5.41, 5.74) is 5.54. The number of hydrogen-bond donors (Lipinski definition) is 5. The first-order valence-corrected chi connectivity index (χ1v) is 11.8. The van der Waals surface area contributed by atoms with Gasteiger partial charge in [0.15, 0.2) is 5.96 Å². The normalized spacial score (nSPS) is 20.0. The second kappa shape index (κ2) is 10.1. The van der Waals surface area contributed by atoms with Gasteiger partial charge in [0.1, 0.15) is 10.9 Å². The molecule has 3 rings (SSSR count). The van der Waals surface area contributed by atoms with E-state index in [0.717, 1.165) is 32.2 Å². The van der Waals surface area contributed by atoms with Crippen molar-refractivity contribution in [2.75, 3.05) is 19.6 Å². The molecule has 1 saturated heterocycles. The Morgan fingerprint density at radius 3 is 2.74 bits per heavy atom. The van der Waals surface area contributed by atoms with Crippen LogP contribution in [-0.4, -0.2) is 67.8 Å². The van der Waals surface area contributed by atoms with Gasteiger partial charge >= 0.3 is 0 Å². The molecule has 0 bridgehead atoms. The Bertz CT molecular complexity index is 905. The van der Waals surface area contributed by atoms with Crippen LogP contribution in [0.3, 0.4) is 0 Å². The maximum absolute atomic E-state index is 12.6. The Hall–Kier alpha value is -2.73. The highest BCUT2D eigenvalue weighted by atomic mass is 32.2. The lowest BCUT2D eigenvalue weighted by Gasteiger charge is -2.33. The average Bonchev–Trinajstić information content (AvgIpc) is 3.56. The number of pyridine rings is 1. The molecule has 2 aliphatic rings. The molecule has 2 atom stereocenters. The van der Waals surface area contributed by atoms with Crippen LogP contribution in [0.2, 0.25) is 0 Å². The van der Waals surface area contributed by atoms with E-state index in [2.05, 4.69) is 20.3 Å². The number of hydrogen-bond acceptors (Lipinski definition) is 6. The molecule has 1 unspecified atom stereocenters. The quantitative estimate of drug-likeness (QED) is 0.240. The van der Waals surface area contributed by atoms with E-state index in [4.69, 9.17) is 11.1 Å². The highest BCUT2D eigenvalue weighted by Crippen LogP contribution is 2.19. The van der Waals surface area contributed by atoms with Gasteiger partial charge in [-0.2, -0.15) is 4.72 Å². The van der Waals surface area contributed by atoms with Gasteiger partial charge in [-0.05, 0) is 43.7 Å². The number of nitrogens with zero attached hydrogens (tertiary/aromatic N) is 2. The van der Waals surface area contributed by atoms with Gasteiger partial charge in [-0.15, -0.1) is 0 Å². The predicted octanol–water partition coefficient (Wildman–Crippen LogP) is -0.881. The van der Waals surface area contributed by atoms with E-state index >= 15 is 0 Å². The third kappa shape index (κ3) is 6.89. The van der Waals surface area contributed by atoms with Gasteiger partial charge in [0.05, 0.1) is 6.42 Å². The predicted molar refractivity (Wildman–Crippen MR) is 113 cm³/mol. The van der Waals surface area contributed by atoms with E-state index in [1.165, 1.54) is 24.5 Å². The van der Waals surface area contributed by atoms with E-state index in [1.807, 2.05) is 0 Å². The average molecular weight is 452 g/mol. The van der Waals surface area contributed by atoms with E-state index in [9.17, 15) is 18.0 Å². The van der Waals surface area contributed by atoms with E-state index in [-0.39, 0.29) is 29.2 Å². The number of amides is 2. The number of sulfonamides is 1. The van der Waals surface area contributed by atoms with Crippen molar-refractivity contribution in [3.05, 3.63) is 24.5 Å². The molecule has 2 amide bonds. The molecular weight excluding hydrogens is 422 g/mol. The van der Waals surface area contributed by atoms with Crippen LogP contribution in [0.25, 0.3) is 0 Å². The van der Waals surface area contributed by atoms with Gasteiger partial charge in [0.25, 0.3) is 0 Å². The standard InChI is InChI=1S/C19H29N7O4S/c20-19(21)26-8-2-3-13(12-26)10-23-17(27)9-16(18(28)24-14-5-6-14)25-31(29,30)15-4-1-7-22-11-15/h1,4,7,11,13-14,16,25H,2-3,5-6,8-10,12H2,(H3,20,21)(H,23,27)(H,24,28)/t13?,16-/m0/s1. The summed E-state index contributed by atoms with van der Waals surface area (Å²) in [4.78, 5) is 30.6. The first-order valence-electron chi connectivity index (χ1n) is 10.3. The number of nitrogens with one attached hydrogen (secondary N) is 4. The van der Waals surface area contributed by atoms with Gasteiger partial charge < -0.3 is 21.3 Å². The minimum Gasteiger partial charge on any atom is -0.370 e. The van der Waals surface area contributed by atoms with Crippen molar-refractivity contribution in [1.29, 1.82) is 5.41 Å². The fraction of sp³-hybridized carbons (Fsp3) is 0.579. The molecule has 31 heavy (non-hydrogen) atoms. The number of likely N-dealkylation sites (tertiary alicyclic amines) is 1. The van der Waals surface area contributed by atoms with Crippen LogP contribution in [0, 0.1) is 11.3 Å². The summed E-state index contributed by atoms with van der Waals surface area (Å²) in [6, 6.07) is 1.65. The number of nitrogens with two attached hydrogens (primary N) is 1. The number of rotatable bonds is 9. The smallest absolute Gasteiger partial charge is 0.242 e. The molecule has 170 valence electrons. The lowest BCUT2D eigenvalue weighted by molar-refractivity contribution is -0.128. The van der Waals surface area contributed by atoms with Crippen LogP contribution in [0.1, 0.15) is 32.1 Å². The van der Waals surface area contributed by atoms with Crippen molar-refractivity contribution >= 4 is 27.8 Å². The van der Waals surface area contributed by atoms with Crippen molar-refractivity contribution in [3.8, 4) is 0 Å². The fourth-order valence-corrected chi connectivity index (χ4v) is 4.60. The zero-order chi connectivity index (χ0) is 22.4. The molecule has 12 heteroatoms. The van der Waals surface area contributed by atoms with Crippen LogP contribution >= 0.6 is 0 Å². The summed E-state index contributed by atoms with van der Waals surface area (Å²) in [7, 11) is -4.02. The second-order valence-electron chi connectivity index (χ2n) is 7.99. The zero-order valence-electron chi connectivity index (χ0n) is 17.2. The summed E-state index contributed by atoms with van der Waals surface area (Å²) in [6.45, 7) is 1.67. The maximum Gasteiger partial charge on any atom is 0.242 e. The lowest BCUT2D eigenvalue weighted by atomic mass is 9.98. The lowest BCUT2D eigenvalue weighted by Crippen LogP contribution is -2.50. The van der Waals surface area contributed by atoms with Crippen LogP contribution in [0.5, 0.6) is 0 Å². The minimum absolute atomic E-state index is 0.0117. The first-order chi connectivity index (χ1) is 14.7. The zero-order valence-corrected chi connectivity index (χ0v) is 18.0. The first kappa shape index (κ1) is 22.9. The molecule has 6 N–H and O–H groups in total. The van der Waals surface area contributed by atoms with Gasteiger partial charge in [-0.1, -0.05) is 0 Å². The summed E-state index contributed by atoms with van der Waals surface area (Å²) >= 11 is 0. The van der Waals surface area contributed by atoms with Crippen LogP contribution in [0.15, 0.2) is 29.4 Å². The molecule has 2 heterocycles. The van der Waals surface area contributed by atoms with Crippen molar-refractivity contribution in [1.82, 2.24) is 25.2 Å². The molecule has 1 aliphatic carbocycles. The highest BCUT2D eigenvalue weighted by molar-refractivity contribution is 7.89. The maximum atomic E-state index is 12.6. The second-order valence-corrected chi connectivity index (χ2v) is 9.71. The monoisotopic (exact) mass is 451 g/mol. The topological polar surface area (TPSA) is 170 Å². The molecule has 1 aromatic heterocycles. The molecule has 0 spiro atoms.